The lowest BCUT2D eigenvalue weighted by Crippen LogP contribution is -2.35. The minimum atomic E-state index is -0.874. The molecule has 0 saturated heterocycles. The van der Waals surface area contributed by atoms with Gasteiger partial charge in [-0.2, -0.15) is 0 Å². The third-order valence-corrected chi connectivity index (χ3v) is 3.86. The van der Waals surface area contributed by atoms with Crippen molar-refractivity contribution >= 4 is 38.6 Å². The SMILES string of the molecule is CC[C@H](C)[C@@H](Nc1ncnc2ccc(Br)cc12)C(=O)O. The van der Waals surface area contributed by atoms with Crippen LogP contribution >= 0.6 is 15.9 Å². The van der Waals surface area contributed by atoms with E-state index in [4.69, 9.17) is 0 Å². The molecule has 0 aliphatic rings. The highest BCUT2D eigenvalue weighted by atomic mass is 79.9. The first-order valence-electron chi connectivity index (χ1n) is 6.42. The van der Waals surface area contributed by atoms with Crippen LogP contribution in [-0.2, 0) is 4.79 Å². The Labute approximate surface area is 125 Å². The lowest BCUT2D eigenvalue weighted by atomic mass is 9.99. The Balaban J connectivity index is 2.42. The highest BCUT2D eigenvalue weighted by molar-refractivity contribution is 9.10. The number of nitrogens with zero attached hydrogens (tertiary/aromatic N) is 2. The van der Waals surface area contributed by atoms with Crippen molar-refractivity contribution in [3.05, 3.63) is 29.0 Å². The van der Waals surface area contributed by atoms with Crippen molar-refractivity contribution in [2.75, 3.05) is 5.32 Å². The van der Waals surface area contributed by atoms with Gasteiger partial charge in [-0.15, -0.1) is 0 Å². The van der Waals surface area contributed by atoms with Crippen LogP contribution in [0.5, 0.6) is 0 Å². The minimum Gasteiger partial charge on any atom is -0.480 e. The molecule has 0 spiro atoms. The molecular weight excluding hydrogens is 322 g/mol. The number of carboxylic acids is 1. The van der Waals surface area contributed by atoms with E-state index in [2.05, 4.69) is 31.2 Å². The number of carbonyl (C=O) groups is 1. The molecule has 0 aliphatic carbocycles. The third kappa shape index (κ3) is 3.07. The topological polar surface area (TPSA) is 75.1 Å². The fourth-order valence-electron chi connectivity index (χ4n) is 1.97. The molecule has 0 radical (unpaired) electrons. The summed E-state index contributed by atoms with van der Waals surface area (Å²) in [6.45, 7) is 3.88. The summed E-state index contributed by atoms with van der Waals surface area (Å²) in [6, 6.07) is 4.97. The number of halogens is 1. The number of nitrogens with one attached hydrogen (secondary N) is 1. The first-order chi connectivity index (χ1) is 9.52. The zero-order valence-electron chi connectivity index (χ0n) is 11.3. The van der Waals surface area contributed by atoms with Crippen molar-refractivity contribution in [3.8, 4) is 0 Å². The molecule has 0 bridgehead atoms. The summed E-state index contributed by atoms with van der Waals surface area (Å²) in [6.07, 6.45) is 2.21. The van der Waals surface area contributed by atoms with Crippen molar-refractivity contribution in [2.45, 2.75) is 26.3 Å². The molecule has 1 heterocycles. The van der Waals surface area contributed by atoms with Gasteiger partial charge < -0.3 is 10.4 Å². The Bertz CT molecular complexity index is 633. The predicted molar refractivity (Wildman–Crippen MR) is 81.7 cm³/mol. The first kappa shape index (κ1) is 14.7. The molecule has 2 aromatic rings. The van der Waals surface area contributed by atoms with E-state index in [0.717, 1.165) is 21.8 Å². The van der Waals surface area contributed by atoms with E-state index in [0.29, 0.717) is 5.82 Å². The molecule has 6 heteroatoms. The van der Waals surface area contributed by atoms with Crippen molar-refractivity contribution in [2.24, 2.45) is 5.92 Å². The van der Waals surface area contributed by atoms with Gasteiger partial charge in [-0.05, 0) is 24.1 Å². The molecule has 5 nitrogen and oxygen atoms in total. The largest absolute Gasteiger partial charge is 0.480 e. The summed E-state index contributed by atoms with van der Waals surface area (Å²) in [7, 11) is 0. The number of aromatic nitrogens is 2. The second kappa shape index (κ2) is 6.17. The summed E-state index contributed by atoms with van der Waals surface area (Å²) >= 11 is 3.40. The Morgan fingerprint density at radius 2 is 2.20 bits per heavy atom. The molecule has 0 fully saturated rings. The van der Waals surface area contributed by atoms with Gasteiger partial charge in [0, 0.05) is 9.86 Å². The van der Waals surface area contributed by atoms with E-state index in [-0.39, 0.29) is 5.92 Å². The summed E-state index contributed by atoms with van der Waals surface area (Å²) in [5, 5.41) is 13.2. The van der Waals surface area contributed by atoms with Crippen LogP contribution in [0, 0.1) is 5.92 Å². The molecule has 0 amide bonds. The standard InChI is InChI=1S/C14H16BrN3O2/c1-3-8(2)12(14(19)20)18-13-10-6-9(15)4-5-11(10)16-7-17-13/h4-8,12H,3H2,1-2H3,(H,19,20)(H,16,17,18)/t8-,12+/m0/s1. The zero-order chi connectivity index (χ0) is 14.7. The maximum Gasteiger partial charge on any atom is 0.326 e. The molecule has 0 saturated carbocycles. The van der Waals surface area contributed by atoms with E-state index < -0.39 is 12.0 Å². The van der Waals surface area contributed by atoms with Gasteiger partial charge in [0.1, 0.15) is 18.2 Å². The van der Waals surface area contributed by atoms with Gasteiger partial charge in [0.25, 0.3) is 0 Å². The predicted octanol–water partition coefficient (Wildman–Crippen LogP) is 3.30. The third-order valence-electron chi connectivity index (χ3n) is 3.37. The lowest BCUT2D eigenvalue weighted by molar-refractivity contribution is -0.139. The molecular formula is C14H16BrN3O2. The fraction of sp³-hybridized carbons (Fsp3) is 0.357. The number of aliphatic carboxylic acids is 1. The van der Waals surface area contributed by atoms with Gasteiger partial charge in [-0.3, -0.25) is 0 Å². The second-order valence-electron chi connectivity index (χ2n) is 4.73. The monoisotopic (exact) mass is 337 g/mol. The van der Waals surface area contributed by atoms with Crippen molar-refractivity contribution in [3.63, 3.8) is 0 Å². The van der Waals surface area contributed by atoms with Gasteiger partial charge in [-0.1, -0.05) is 36.2 Å². The van der Waals surface area contributed by atoms with Gasteiger partial charge in [0.05, 0.1) is 5.52 Å². The normalized spacial score (nSPS) is 13.9. The zero-order valence-corrected chi connectivity index (χ0v) is 12.9. The molecule has 2 rings (SSSR count). The molecule has 106 valence electrons. The first-order valence-corrected chi connectivity index (χ1v) is 7.21. The van der Waals surface area contributed by atoms with Crippen LogP contribution in [0.3, 0.4) is 0 Å². The fourth-order valence-corrected chi connectivity index (χ4v) is 2.34. The number of fused-ring (bicyclic) bond motifs is 1. The summed E-state index contributed by atoms with van der Waals surface area (Å²) in [5.41, 5.74) is 0.777. The van der Waals surface area contributed by atoms with Crippen molar-refractivity contribution < 1.29 is 9.90 Å². The van der Waals surface area contributed by atoms with Crippen LogP contribution in [0.4, 0.5) is 5.82 Å². The lowest BCUT2D eigenvalue weighted by Gasteiger charge is -2.21. The summed E-state index contributed by atoms with van der Waals surface area (Å²) in [5.74, 6) is -0.324. The molecule has 0 aliphatic heterocycles. The van der Waals surface area contributed by atoms with E-state index in [1.54, 1.807) is 0 Å². The Kier molecular flexibility index (Phi) is 4.54. The maximum absolute atomic E-state index is 11.4. The van der Waals surface area contributed by atoms with Crippen LogP contribution in [0.25, 0.3) is 10.9 Å². The van der Waals surface area contributed by atoms with Crippen LogP contribution < -0.4 is 5.32 Å². The second-order valence-corrected chi connectivity index (χ2v) is 5.65. The van der Waals surface area contributed by atoms with E-state index in [1.807, 2.05) is 32.0 Å². The number of benzene rings is 1. The van der Waals surface area contributed by atoms with Gasteiger partial charge in [0.15, 0.2) is 0 Å². The average Bonchev–Trinajstić information content (AvgIpc) is 2.43. The molecule has 2 atom stereocenters. The van der Waals surface area contributed by atoms with Crippen molar-refractivity contribution in [1.82, 2.24) is 9.97 Å². The number of hydrogen-bond acceptors (Lipinski definition) is 4. The maximum atomic E-state index is 11.4. The minimum absolute atomic E-state index is 0.00432. The smallest absolute Gasteiger partial charge is 0.326 e. The van der Waals surface area contributed by atoms with Crippen molar-refractivity contribution in [1.29, 1.82) is 0 Å². The van der Waals surface area contributed by atoms with Gasteiger partial charge >= 0.3 is 5.97 Å². The Morgan fingerprint density at radius 3 is 2.85 bits per heavy atom. The molecule has 20 heavy (non-hydrogen) atoms. The summed E-state index contributed by atoms with van der Waals surface area (Å²) in [4.78, 5) is 19.8. The number of rotatable bonds is 5. The van der Waals surface area contributed by atoms with Crippen LogP contribution in [0.2, 0.25) is 0 Å². The Morgan fingerprint density at radius 1 is 1.45 bits per heavy atom. The number of hydrogen-bond donors (Lipinski definition) is 2. The van der Waals surface area contributed by atoms with Crippen LogP contribution in [0.1, 0.15) is 20.3 Å². The van der Waals surface area contributed by atoms with Gasteiger partial charge in [-0.25, -0.2) is 14.8 Å². The average molecular weight is 338 g/mol. The quantitative estimate of drug-likeness (QED) is 0.875. The van der Waals surface area contributed by atoms with Gasteiger partial charge in [0.2, 0.25) is 0 Å². The summed E-state index contributed by atoms with van der Waals surface area (Å²) < 4.78 is 0.901. The molecule has 0 unspecified atom stereocenters. The highest BCUT2D eigenvalue weighted by Gasteiger charge is 2.24. The van der Waals surface area contributed by atoms with Crippen LogP contribution in [0.15, 0.2) is 29.0 Å². The highest BCUT2D eigenvalue weighted by Crippen LogP contribution is 2.25. The molecule has 1 aromatic heterocycles. The van der Waals surface area contributed by atoms with E-state index >= 15 is 0 Å². The van der Waals surface area contributed by atoms with E-state index in [9.17, 15) is 9.90 Å². The number of anilines is 1. The molecule has 1 aromatic carbocycles. The van der Waals surface area contributed by atoms with Crippen LogP contribution in [-0.4, -0.2) is 27.1 Å². The molecule has 2 N–H and O–H groups in total. The number of carboxylic acid groups (broad SMARTS) is 1. The van der Waals surface area contributed by atoms with E-state index in [1.165, 1.54) is 6.33 Å². The Hall–Kier alpha value is -1.69.